The van der Waals surface area contributed by atoms with Crippen LogP contribution in [0.3, 0.4) is 0 Å². The smallest absolute Gasteiger partial charge is 0.0981 e. The predicted octanol–water partition coefficient (Wildman–Crippen LogP) is 0.316. The van der Waals surface area contributed by atoms with Gasteiger partial charge in [-0.25, -0.2) is 0 Å². The van der Waals surface area contributed by atoms with Crippen molar-refractivity contribution in [2.24, 2.45) is 0 Å². The molecule has 0 aromatic carbocycles. The molecule has 4 nitrogen and oxygen atoms in total. The van der Waals surface area contributed by atoms with E-state index in [2.05, 4.69) is 15.3 Å². The summed E-state index contributed by atoms with van der Waals surface area (Å²) in [4.78, 5) is 8.54. The molecule has 1 fully saturated rings. The summed E-state index contributed by atoms with van der Waals surface area (Å²) in [5.74, 6) is 0. The van der Waals surface area contributed by atoms with Gasteiger partial charge in [0, 0.05) is 39.0 Å². The van der Waals surface area contributed by atoms with E-state index < -0.39 is 0 Å². The summed E-state index contributed by atoms with van der Waals surface area (Å²) >= 11 is 0. The lowest BCUT2D eigenvalue weighted by molar-refractivity contribution is -0.0509. The molecule has 4 heteroatoms. The van der Waals surface area contributed by atoms with Gasteiger partial charge in [-0.2, -0.15) is 0 Å². The number of hydrogen-bond donors (Lipinski definition) is 1. The Balaban J connectivity index is 2.06. The maximum atomic E-state index is 5.48. The third kappa shape index (κ3) is 1.76. The Morgan fingerprint density at radius 1 is 1.43 bits per heavy atom. The van der Waals surface area contributed by atoms with Gasteiger partial charge in [0.2, 0.25) is 0 Å². The average Bonchev–Trinajstić information content (AvgIpc) is 2.15. The number of nitrogens with zero attached hydrogens (tertiary/aromatic N) is 2. The summed E-state index contributed by atoms with van der Waals surface area (Å²) in [5.41, 5.74) is 1.90. The minimum atomic E-state index is -0.0516. The van der Waals surface area contributed by atoms with Gasteiger partial charge in [0.05, 0.1) is 17.0 Å². The van der Waals surface area contributed by atoms with Crippen molar-refractivity contribution in [3.63, 3.8) is 0 Å². The Morgan fingerprint density at radius 2 is 2.21 bits per heavy atom. The van der Waals surface area contributed by atoms with Gasteiger partial charge in [-0.3, -0.25) is 9.97 Å². The van der Waals surface area contributed by atoms with E-state index in [9.17, 15) is 0 Å². The summed E-state index contributed by atoms with van der Waals surface area (Å²) < 4.78 is 5.48. The van der Waals surface area contributed by atoms with Crippen LogP contribution in [0.15, 0.2) is 12.4 Å². The minimum Gasteiger partial charge on any atom is -0.375 e. The molecule has 1 aromatic heterocycles. The van der Waals surface area contributed by atoms with E-state index in [1.807, 2.05) is 13.1 Å². The molecule has 0 unspecified atom stereocenters. The molecule has 2 heterocycles. The molecule has 1 aliphatic rings. The van der Waals surface area contributed by atoms with Crippen molar-refractivity contribution in [2.75, 3.05) is 20.2 Å². The molecule has 14 heavy (non-hydrogen) atoms. The van der Waals surface area contributed by atoms with Gasteiger partial charge in [0.1, 0.15) is 0 Å². The zero-order valence-corrected chi connectivity index (χ0v) is 8.58. The quantitative estimate of drug-likeness (QED) is 0.750. The molecule has 2 rings (SSSR count). The lowest BCUT2D eigenvalue weighted by Gasteiger charge is -2.41. The third-order valence-electron chi connectivity index (χ3n) is 2.67. The first-order chi connectivity index (χ1) is 6.74. The number of rotatable bonds is 3. The lowest BCUT2D eigenvalue weighted by Crippen LogP contribution is -2.62. The Bertz CT molecular complexity index is 300. The van der Waals surface area contributed by atoms with E-state index in [1.54, 1.807) is 13.3 Å². The van der Waals surface area contributed by atoms with Crippen LogP contribution in [0.25, 0.3) is 0 Å². The maximum Gasteiger partial charge on any atom is 0.0981 e. The second-order valence-corrected chi connectivity index (χ2v) is 3.82. The highest BCUT2D eigenvalue weighted by atomic mass is 16.5. The average molecular weight is 193 g/mol. The normalized spacial score (nSPS) is 19.0. The van der Waals surface area contributed by atoms with Crippen LogP contribution >= 0.6 is 0 Å². The summed E-state index contributed by atoms with van der Waals surface area (Å²) in [7, 11) is 1.75. The highest BCUT2D eigenvalue weighted by Crippen LogP contribution is 2.20. The number of nitrogens with one attached hydrogen (secondary N) is 1. The third-order valence-corrected chi connectivity index (χ3v) is 2.67. The van der Waals surface area contributed by atoms with Gasteiger partial charge in [-0.15, -0.1) is 0 Å². The first-order valence-electron chi connectivity index (χ1n) is 4.77. The fourth-order valence-electron chi connectivity index (χ4n) is 1.59. The Morgan fingerprint density at radius 3 is 2.64 bits per heavy atom. The van der Waals surface area contributed by atoms with Gasteiger partial charge in [-0.1, -0.05) is 0 Å². The maximum absolute atomic E-state index is 5.48. The van der Waals surface area contributed by atoms with Crippen LogP contribution < -0.4 is 5.32 Å². The first-order valence-corrected chi connectivity index (χ1v) is 4.77. The number of ether oxygens (including phenoxy) is 1. The van der Waals surface area contributed by atoms with Crippen LogP contribution in [0, 0.1) is 6.92 Å². The Kier molecular flexibility index (Phi) is 2.48. The van der Waals surface area contributed by atoms with Crippen molar-refractivity contribution in [1.82, 2.24) is 15.3 Å². The molecular weight excluding hydrogens is 178 g/mol. The molecule has 0 bridgehead atoms. The minimum absolute atomic E-state index is 0.0516. The predicted molar refractivity (Wildman–Crippen MR) is 53.1 cm³/mol. The summed E-state index contributed by atoms with van der Waals surface area (Å²) in [6.07, 6.45) is 4.46. The van der Waals surface area contributed by atoms with E-state index in [0.717, 1.165) is 30.9 Å². The molecule has 0 radical (unpaired) electrons. The van der Waals surface area contributed by atoms with Crippen molar-refractivity contribution in [2.45, 2.75) is 18.9 Å². The van der Waals surface area contributed by atoms with Gasteiger partial charge in [-0.05, 0) is 6.92 Å². The summed E-state index contributed by atoms with van der Waals surface area (Å²) in [5, 5.41) is 3.21. The van der Waals surface area contributed by atoms with Gasteiger partial charge < -0.3 is 10.1 Å². The van der Waals surface area contributed by atoms with Crippen LogP contribution in [-0.2, 0) is 11.2 Å². The van der Waals surface area contributed by atoms with Crippen molar-refractivity contribution in [1.29, 1.82) is 0 Å². The summed E-state index contributed by atoms with van der Waals surface area (Å²) in [6.45, 7) is 3.74. The SMILES string of the molecule is COC1(Cc2cnc(C)cn2)CNC1. The Labute approximate surface area is 83.7 Å². The van der Waals surface area contributed by atoms with Crippen LogP contribution in [0.4, 0.5) is 0 Å². The monoisotopic (exact) mass is 193 g/mol. The largest absolute Gasteiger partial charge is 0.375 e. The highest BCUT2D eigenvalue weighted by Gasteiger charge is 2.37. The van der Waals surface area contributed by atoms with Crippen LogP contribution in [0.5, 0.6) is 0 Å². The Hall–Kier alpha value is -1.00. The first kappa shape index (κ1) is 9.55. The standard InChI is InChI=1S/C10H15N3O/c1-8-4-13-9(5-12-8)3-10(14-2)6-11-7-10/h4-5,11H,3,6-7H2,1-2H3. The highest BCUT2D eigenvalue weighted by molar-refractivity contribution is 5.08. The van der Waals surface area contributed by atoms with Crippen LogP contribution in [0.1, 0.15) is 11.4 Å². The molecule has 1 saturated heterocycles. The summed E-state index contributed by atoms with van der Waals surface area (Å²) in [6, 6.07) is 0. The molecule has 0 aliphatic carbocycles. The molecule has 1 aromatic rings. The molecular formula is C10H15N3O. The van der Waals surface area contributed by atoms with Crippen molar-refractivity contribution in [3.05, 3.63) is 23.8 Å². The molecule has 0 saturated carbocycles. The zero-order chi connectivity index (χ0) is 10.0. The topological polar surface area (TPSA) is 47.0 Å². The molecule has 1 aliphatic heterocycles. The molecule has 0 spiro atoms. The van der Waals surface area contributed by atoms with Gasteiger partial charge in [0.25, 0.3) is 0 Å². The van der Waals surface area contributed by atoms with Gasteiger partial charge in [0.15, 0.2) is 0 Å². The number of aromatic nitrogens is 2. The molecule has 1 N–H and O–H groups in total. The van der Waals surface area contributed by atoms with E-state index in [4.69, 9.17) is 4.74 Å². The van der Waals surface area contributed by atoms with E-state index in [-0.39, 0.29) is 5.60 Å². The fraction of sp³-hybridized carbons (Fsp3) is 0.600. The lowest BCUT2D eigenvalue weighted by atomic mass is 9.91. The fourth-order valence-corrected chi connectivity index (χ4v) is 1.59. The zero-order valence-electron chi connectivity index (χ0n) is 8.58. The van der Waals surface area contributed by atoms with Crippen LogP contribution in [0.2, 0.25) is 0 Å². The van der Waals surface area contributed by atoms with Gasteiger partial charge >= 0.3 is 0 Å². The number of methoxy groups -OCH3 is 1. The number of hydrogen-bond acceptors (Lipinski definition) is 4. The van der Waals surface area contributed by atoms with Crippen molar-refractivity contribution < 1.29 is 4.74 Å². The van der Waals surface area contributed by atoms with Crippen molar-refractivity contribution in [3.8, 4) is 0 Å². The molecule has 0 atom stereocenters. The number of aryl methyl sites for hydroxylation is 1. The second-order valence-electron chi connectivity index (χ2n) is 3.82. The van der Waals surface area contributed by atoms with E-state index in [1.165, 1.54) is 0 Å². The van der Waals surface area contributed by atoms with E-state index in [0.29, 0.717) is 0 Å². The van der Waals surface area contributed by atoms with Crippen LogP contribution in [-0.4, -0.2) is 35.8 Å². The second kappa shape index (κ2) is 3.63. The molecule has 0 amide bonds. The van der Waals surface area contributed by atoms with E-state index >= 15 is 0 Å². The molecule has 76 valence electrons. The van der Waals surface area contributed by atoms with Crippen molar-refractivity contribution >= 4 is 0 Å².